The number of aryl methyl sites for hydroxylation is 2. The number of hydrogen-bond acceptors (Lipinski definition) is 2. The molecule has 3 heteroatoms. The average molecular weight is 189 g/mol. The van der Waals surface area contributed by atoms with Crippen LogP contribution >= 0.6 is 0 Å². The van der Waals surface area contributed by atoms with E-state index in [1.165, 1.54) is 5.56 Å². The van der Waals surface area contributed by atoms with Gasteiger partial charge in [-0.3, -0.25) is 0 Å². The van der Waals surface area contributed by atoms with Crippen LogP contribution in [0.3, 0.4) is 0 Å². The first-order chi connectivity index (χ1) is 6.81. The average Bonchev–Trinajstić information content (AvgIpc) is 2.57. The fourth-order valence-electron chi connectivity index (χ4n) is 1.60. The molecule has 14 heavy (non-hydrogen) atoms. The van der Waals surface area contributed by atoms with Crippen LogP contribution in [0.15, 0.2) is 24.5 Å². The van der Waals surface area contributed by atoms with Crippen LogP contribution in [0.4, 0.5) is 0 Å². The third-order valence-electron chi connectivity index (χ3n) is 2.36. The highest BCUT2D eigenvalue weighted by Gasteiger charge is 2.02. The summed E-state index contributed by atoms with van der Waals surface area (Å²) in [5.74, 6) is 1.11. The number of imidazole rings is 1. The minimum atomic E-state index is 0.723. The van der Waals surface area contributed by atoms with E-state index in [2.05, 4.69) is 34.6 Å². The van der Waals surface area contributed by atoms with Gasteiger partial charge in [-0.2, -0.15) is 0 Å². The van der Waals surface area contributed by atoms with Gasteiger partial charge in [-0.05, 0) is 31.5 Å². The summed E-state index contributed by atoms with van der Waals surface area (Å²) in [6.45, 7) is 2.81. The predicted molar refractivity (Wildman–Crippen MR) is 57.3 cm³/mol. The van der Waals surface area contributed by atoms with Gasteiger partial charge < -0.3 is 10.1 Å². The summed E-state index contributed by atoms with van der Waals surface area (Å²) in [6.07, 6.45) is 5.97. The first kappa shape index (κ1) is 9.21. The molecule has 0 spiro atoms. The lowest BCUT2D eigenvalue weighted by Gasteiger charge is -2.01. The first-order valence-electron chi connectivity index (χ1n) is 4.94. The molecule has 0 aliphatic rings. The van der Waals surface area contributed by atoms with Crippen LogP contribution in [0, 0.1) is 6.92 Å². The van der Waals surface area contributed by atoms with Gasteiger partial charge in [0.05, 0.1) is 11.7 Å². The van der Waals surface area contributed by atoms with Gasteiger partial charge in [0.1, 0.15) is 5.82 Å². The van der Waals surface area contributed by atoms with Crippen molar-refractivity contribution in [1.82, 2.24) is 9.38 Å². The Morgan fingerprint density at radius 1 is 1.43 bits per heavy atom. The molecule has 0 fully saturated rings. The number of fused-ring (bicyclic) bond motifs is 1. The molecule has 2 rings (SSSR count). The zero-order chi connectivity index (χ0) is 9.97. The summed E-state index contributed by atoms with van der Waals surface area (Å²) in [5, 5.41) is 0. The monoisotopic (exact) mass is 189 g/mol. The minimum absolute atomic E-state index is 0.723. The van der Waals surface area contributed by atoms with Crippen LogP contribution in [-0.4, -0.2) is 15.9 Å². The number of hydrogen-bond donors (Lipinski definition) is 1. The molecule has 2 aromatic rings. The molecule has 2 N–H and O–H groups in total. The van der Waals surface area contributed by atoms with Gasteiger partial charge in [0.15, 0.2) is 0 Å². The summed E-state index contributed by atoms with van der Waals surface area (Å²) in [6, 6.07) is 4.19. The predicted octanol–water partition coefficient (Wildman–Crippen LogP) is 1.53. The molecule has 74 valence electrons. The van der Waals surface area contributed by atoms with Crippen LogP contribution in [0.2, 0.25) is 0 Å². The second-order valence-corrected chi connectivity index (χ2v) is 3.57. The lowest BCUT2D eigenvalue weighted by Crippen LogP contribution is -2.03. The Balaban J connectivity index is 2.40. The zero-order valence-corrected chi connectivity index (χ0v) is 8.40. The maximum atomic E-state index is 5.48. The molecule has 0 radical (unpaired) electrons. The second kappa shape index (κ2) is 3.80. The van der Waals surface area contributed by atoms with E-state index < -0.39 is 0 Å². The van der Waals surface area contributed by atoms with E-state index in [-0.39, 0.29) is 0 Å². The highest BCUT2D eigenvalue weighted by Crippen LogP contribution is 2.09. The molecular formula is C11H15N3. The molecule has 0 amide bonds. The van der Waals surface area contributed by atoms with Crippen molar-refractivity contribution in [3.63, 3.8) is 0 Å². The van der Waals surface area contributed by atoms with E-state index in [9.17, 15) is 0 Å². The summed E-state index contributed by atoms with van der Waals surface area (Å²) in [4.78, 5) is 4.38. The Morgan fingerprint density at radius 2 is 2.29 bits per heavy atom. The third-order valence-corrected chi connectivity index (χ3v) is 2.36. The highest BCUT2D eigenvalue weighted by molar-refractivity contribution is 5.46. The van der Waals surface area contributed by atoms with Gasteiger partial charge in [0, 0.05) is 12.6 Å². The van der Waals surface area contributed by atoms with Crippen molar-refractivity contribution in [2.75, 3.05) is 6.54 Å². The number of aromatic nitrogens is 2. The number of pyridine rings is 1. The van der Waals surface area contributed by atoms with Crippen LogP contribution in [-0.2, 0) is 6.42 Å². The normalized spacial score (nSPS) is 11.0. The second-order valence-electron chi connectivity index (χ2n) is 3.57. The van der Waals surface area contributed by atoms with Gasteiger partial charge in [0.2, 0.25) is 0 Å². The molecule has 0 saturated carbocycles. The molecule has 0 aliphatic carbocycles. The number of nitrogens with zero attached hydrogens (tertiary/aromatic N) is 2. The summed E-state index contributed by atoms with van der Waals surface area (Å²) < 4.78 is 2.14. The summed E-state index contributed by atoms with van der Waals surface area (Å²) >= 11 is 0. The van der Waals surface area contributed by atoms with Crippen molar-refractivity contribution >= 4 is 5.52 Å². The molecule has 0 saturated heterocycles. The van der Waals surface area contributed by atoms with Gasteiger partial charge in [-0.15, -0.1) is 0 Å². The molecule has 0 unspecified atom stereocenters. The maximum Gasteiger partial charge on any atom is 0.113 e. The van der Waals surface area contributed by atoms with E-state index in [1.54, 1.807) is 0 Å². The topological polar surface area (TPSA) is 43.3 Å². The standard InChI is InChI=1S/C11H15N3/c1-9-4-5-10-7-13-11(3-2-6-12)14(10)8-9/h4-5,7-8H,2-3,6,12H2,1H3. The molecule has 3 nitrogen and oxygen atoms in total. The first-order valence-corrected chi connectivity index (χ1v) is 4.94. The highest BCUT2D eigenvalue weighted by atomic mass is 15.0. The molecular weight excluding hydrogens is 174 g/mol. The third kappa shape index (κ3) is 1.63. The van der Waals surface area contributed by atoms with Crippen molar-refractivity contribution in [1.29, 1.82) is 0 Å². The molecule has 0 aromatic carbocycles. The summed E-state index contributed by atoms with van der Waals surface area (Å²) in [7, 11) is 0. The Morgan fingerprint density at radius 3 is 3.07 bits per heavy atom. The Hall–Kier alpha value is -1.35. The van der Waals surface area contributed by atoms with Crippen molar-refractivity contribution < 1.29 is 0 Å². The SMILES string of the molecule is Cc1ccc2cnc(CCCN)n2c1. The Labute approximate surface area is 83.6 Å². The van der Waals surface area contributed by atoms with Crippen molar-refractivity contribution in [2.45, 2.75) is 19.8 Å². The van der Waals surface area contributed by atoms with Crippen LogP contribution in [0.1, 0.15) is 17.8 Å². The van der Waals surface area contributed by atoms with Crippen molar-refractivity contribution in [2.24, 2.45) is 5.73 Å². The van der Waals surface area contributed by atoms with Crippen LogP contribution in [0.25, 0.3) is 5.52 Å². The van der Waals surface area contributed by atoms with Crippen molar-refractivity contribution in [3.05, 3.63) is 35.9 Å². The molecule has 0 bridgehead atoms. The van der Waals surface area contributed by atoms with Gasteiger partial charge in [-0.1, -0.05) is 6.07 Å². The Bertz CT molecular complexity index is 431. The molecule has 2 heterocycles. The lowest BCUT2D eigenvalue weighted by atomic mass is 10.3. The fourth-order valence-corrected chi connectivity index (χ4v) is 1.60. The van der Waals surface area contributed by atoms with Crippen LogP contribution < -0.4 is 5.73 Å². The van der Waals surface area contributed by atoms with Gasteiger partial charge >= 0.3 is 0 Å². The lowest BCUT2D eigenvalue weighted by molar-refractivity contribution is 0.777. The van der Waals surface area contributed by atoms with E-state index in [4.69, 9.17) is 5.73 Å². The van der Waals surface area contributed by atoms with E-state index >= 15 is 0 Å². The van der Waals surface area contributed by atoms with Crippen molar-refractivity contribution in [3.8, 4) is 0 Å². The minimum Gasteiger partial charge on any atom is -0.330 e. The largest absolute Gasteiger partial charge is 0.330 e. The Kier molecular flexibility index (Phi) is 2.50. The van der Waals surface area contributed by atoms with Crippen LogP contribution in [0.5, 0.6) is 0 Å². The molecule has 0 aliphatic heterocycles. The zero-order valence-electron chi connectivity index (χ0n) is 8.40. The van der Waals surface area contributed by atoms with E-state index in [1.807, 2.05) is 6.20 Å². The van der Waals surface area contributed by atoms with Gasteiger partial charge in [-0.25, -0.2) is 4.98 Å². The fraction of sp³-hybridized carbons (Fsp3) is 0.364. The molecule has 0 atom stereocenters. The maximum absolute atomic E-state index is 5.48. The van der Waals surface area contributed by atoms with E-state index in [0.29, 0.717) is 0 Å². The summed E-state index contributed by atoms with van der Waals surface area (Å²) in [5.41, 5.74) is 7.89. The van der Waals surface area contributed by atoms with E-state index in [0.717, 1.165) is 30.7 Å². The smallest absolute Gasteiger partial charge is 0.113 e. The van der Waals surface area contributed by atoms with Gasteiger partial charge in [0.25, 0.3) is 0 Å². The quantitative estimate of drug-likeness (QED) is 0.795. The molecule has 2 aromatic heterocycles. The number of nitrogens with two attached hydrogens (primary N) is 1. The number of rotatable bonds is 3.